The van der Waals surface area contributed by atoms with Gasteiger partial charge in [-0.15, -0.1) is 0 Å². The van der Waals surface area contributed by atoms with Gasteiger partial charge in [0.15, 0.2) is 11.6 Å². The molecule has 0 amide bonds. The summed E-state index contributed by atoms with van der Waals surface area (Å²) in [6.07, 6.45) is 1.94. The fourth-order valence-electron chi connectivity index (χ4n) is 1.47. The maximum Gasteiger partial charge on any atom is 0.213 e. The Hall–Kier alpha value is -2.22. The topological polar surface area (TPSA) is 112 Å². The zero-order chi connectivity index (χ0) is 13.5. The highest BCUT2D eigenvalue weighted by molar-refractivity contribution is 5.44. The van der Waals surface area contributed by atoms with E-state index >= 15 is 0 Å². The van der Waals surface area contributed by atoms with Gasteiger partial charge in [0.05, 0.1) is 0 Å². The monoisotopic (exact) mass is 264 g/mol. The first-order valence-corrected chi connectivity index (χ1v) is 5.98. The second-order valence-corrected chi connectivity index (χ2v) is 3.76. The summed E-state index contributed by atoms with van der Waals surface area (Å²) in [5.74, 6) is 2.27. The van der Waals surface area contributed by atoms with Crippen LogP contribution in [0.25, 0.3) is 0 Å². The molecular weight excluding hydrogens is 248 g/mol. The Morgan fingerprint density at radius 1 is 1.37 bits per heavy atom. The molecule has 0 bridgehead atoms. The van der Waals surface area contributed by atoms with Crippen LogP contribution in [0, 0.1) is 0 Å². The highest BCUT2D eigenvalue weighted by Gasteiger charge is 2.03. The predicted octanol–water partition coefficient (Wildman–Crippen LogP) is 0.633. The smallest absolute Gasteiger partial charge is 0.213 e. The van der Waals surface area contributed by atoms with E-state index in [1.165, 1.54) is 6.39 Å². The van der Waals surface area contributed by atoms with Crippen LogP contribution in [-0.2, 0) is 17.8 Å². The molecule has 8 nitrogen and oxygen atoms in total. The molecule has 2 heterocycles. The summed E-state index contributed by atoms with van der Waals surface area (Å²) in [6, 6.07) is 1.67. The zero-order valence-electron chi connectivity index (χ0n) is 10.7. The summed E-state index contributed by atoms with van der Waals surface area (Å²) in [6.45, 7) is 3.50. The van der Waals surface area contributed by atoms with Gasteiger partial charge < -0.3 is 20.3 Å². The Labute approximate surface area is 110 Å². The third-order valence-electron chi connectivity index (χ3n) is 2.29. The second-order valence-electron chi connectivity index (χ2n) is 3.76. The van der Waals surface area contributed by atoms with E-state index < -0.39 is 0 Å². The third kappa shape index (κ3) is 4.18. The van der Waals surface area contributed by atoms with Gasteiger partial charge in [-0.2, -0.15) is 4.98 Å². The van der Waals surface area contributed by atoms with Crippen molar-refractivity contribution in [1.82, 2.24) is 20.1 Å². The van der Waals surface area contributed by atoms with Gasteiger partial charge in [-0.25, -0.2) is 9.97 Å². The number of hydrogen-bond donors (Lipinski definition) is 2. The maximum atomic E-state index is 5.71. The Morgan fingerprint density at radius 3 is 3.00 bits per heavy atom. The van der Waals surface area contributed by atoms with Crippen LogP contribution >= 0.6 is 0 Å². The standard InChI is InChI=1S/C11H16N6O2/c1-2-18-6-11-15-8(12)5-10(16-11)13-4-3-9-14-7-19-17-9/h5,7H,2-4,6H2,1H3,(H3,12,13,15,16). The van der Waals surface area contributed by atoms with Crippen molar-refractivity contribution in [3.05, 3.63) is 24.1 Å². The van der Waals surface area contributed by atoms with Crippen molar-refractivity contribution < 1.29 is 9.26 Å². The van der Waals surface area contributed by atoms with Gasteiger partial charge >= 0.3 is 0 Å². The number of nitrogens with one attached hydrogen (secondary N) is 1. The lowest BCUT2D eigenvalue weighted by molar-refractivity contribution is 0.128. The largest absolute Gasteiger partial charge is 0.384 e. The summed E-state index contributed by atoms with van der Waals surface area (Å²) in [4.78, 5) is 12.3. The van der Waals surface area contributed by atoms with E-state index in [-0.39, 0.29) is 0 Å². The molecule has 0 aliphatic carbocycles. The van der Waals surface area contributed by atoms with Crippen molar-refractivity contribution in [2.45, 2.75) is 20.0 Å². The van der Waals surface area contributed by atoms with Gasteiger partial charge in [-0.05, 0) is 6.92 Å². The van der Waals surface area contributed by atoms with E-state index in [2.05, 4.69) is 29.9 Å². The molecule has 0 fully saturated rings. The number of ether oxygens (including phenoxy) is 1. The summed E-state index contributed by atoms with van der Waals surface area (Å²) >= 11 is 0. The quantitative estimate of drug-likeness (QED) is 0.749. The number of rotatable bonds is 7. The molecule has 0 radical (unpaired) electrons. The normalized spacial score (nSPS) is 10.6. The van der Waals surface area contributed by atoms with Gasteiger partial charge in [-0.3, -0.25) is 0 Å². The Morgan fingerprint density at radius 2 is 2.26 bits per heavy atom. The summed E-state index contributed by atoms with van der Waals surface area (Å²) in [7, 11) is 0. The molecule has 0 saturated carbocycles. The van der Waals surface area contributed by atoms with Gasteiger partial charge in [0.2, 0.25) is 6.39 Å². The van der Waals surface area contributed by atoms with Crippen molar-refractivity contribution in [1.29, 1.82) is 0 Å². The highest BCUT2D eigenvalue weighted by atomic mass is 16.5. The average molecular weight is 264 g/mol. The number of aromatic nitrogens is 4. The van der Waals surface area contributed by atoms with Gasteiger partial charge in [-0.1, -0.05) is 5.16 Å². The van der Waals surface area contributed by atoms with Gasteiger partial charge in [0.25, 0.3) is 0 Å². The molecule has 19 heavy (non-hydrogen) atoms. The van der Waals surface area contributed by atoms with Crippen LogP contribution in [0.3, 0.4) is 0 Å². The number of anilines is 2. The molecule has 0 saturated heterocycles. The average Bonchev–Trinajstić information content (AvgIpc) is 2.89. The molecule has 102 valence electrons. The summed E-state index contributed by atoms with van der Waals surface area (Å²) < 4.78 is 9.90. The van der Waals surface area contributed by atoms with E-state index in [1.54, 1.807) is 6.07 Å². The van der Waals surface area contributed by atoms with Gasteiger partial charge in [0.1, 0.15) is 18.2 Å². The van der Waals surface area contributed by atoms with Crippen LogP contribution < -0.4 is 11.1 Å². The molecule has 0 unspecified atom stereocenters. The lowest BCUT2D eigenvalue weighted by atomic mass is 10.4. The van der Waals surface area contributed by atoms with Crippen molar-refractivity contribution in [3.8, 4) is 0 Å². The van der Waals surface area contributed by atoms with Crippen molar-refractivity contribution >= 4 is 11.6 Å². The Kier molecular flexibility index (Phi) is 4.62. The number of hydrogen-bond acceptors (Lipinski definition) is 8. The maximum absolute atomic E-state index is 5.71. The molecule has 3 N–H and O–H groups in total. The van der Waals surface area contributed by atoms with E-state index in [0.717, 1.165) is 0 Å². The molecule has 0 aliphatic heterocycles. The minimum absolute atomic E-state index is 0.348. The Bertz CT molecular complexity index is 502. The van der Waals surface area contributed by atoms with Gasteiger partial charge in [0, 0.05) is 25.6 Å². The fourth-order valence-corrected chi connectivity index (χ4v) is 1.47. The summed E-state index contributed by atoms with van der Waals surface area (Å²) in [5, 5.41) is 6.85. The van der Waals surface area contributed by atoms with Crippen molar-refractivity contribution in [2.24, 2.45) is 0 Å². The number of nitrogen functional groups attached to an aromatic ring is 1. The van der Waals surface area contributed by atoms with E-state index in [9.17, 15) is 0 Å². The lowest BCUT2D eigenvalue weighted by Gasteiger charge is -2.07. The molecule has 0 aromatic carbocycles. The first-order chi connectivity index (χ1) is 9.28. The first kappa shape index (κ1) is 13.2. The Balaban J connectivity index is 1.90. The van der Waals surface area contributed by atoms with Crippen molar-refractivity contribution in [3.63, 3.8) is 0 Å². The lowest BCUT2D eigenvalue weighted by Crippen LogP contribution is -2.10. The first-order valence-electron chi connectivity index (χ1n) is 5.98. The highest BCUT2D eigenvalue weighted by Crippen LogP contribution is 2.09. The zero-order valence-corrected chi connectivity index (χ0v) is 10.7. The van der Waals surface area contributed by atoms with Crippen LogP contribution in [0.15, 0.2) is 17.0 Å². The third-order valence-corrected chi connectivity index (χ3v) is 2.29. The van der Waals surface area contributed by atoms with Crippen LogP contribution in [0.2, 0.25) is 0 Å². The van der Waals surface area contributed by atoms with E-state index in [4.69, 9.17) is 10.5 Å². The van der Waals surface area contributed by atoms with Crippen LogP contribution in [0.4, 0.5) is 11.6 Å². The molecule has 2 aromatic heterocycles. The molecule has 0 aliphatic rings. The van der Waals surface area contributed by atoms with E-state index in [1.807, 2.05) is 6.92 Å². The molecule has 8 heteroatoms. The second kappa shape index (κ2) is 6.64. The minimum Gasteiger partial charge on any atom is -0.384 e. The van der Waals surface area contributed by atoms with Crippen LogP contribution in [-0.4, -0.2) is 33.3 Å². The van der Waals surface area contributed by atoms with Crippen LogP contribution in [0.1, 0.15) is 18.6 Å². The molecular formula is C11H16N6O2. The predicted molar refractivity (Wildman–Crippen MR) is 68.3 cm³/mol. The number of nitrogens with zero attached hydrogens (tertiary/aromatic N) is 4. The SMILES string of the molecule is CCOCc1nc(N)cc(NCCc2ncon2)n1. The molecule has 0 spiro atoms. The fraction of sp³-hybridized carbons (Fsp3) is 0.455. The molecule has 0 atom stereocenters. The number of nitrogens with two attached hydrogens (primary N) is 1. The van der Waals surface area contributed by atoms with E-state index in [0.29, 0.717) is 49.5 Å². The molecule has 2 rings (SSSR count). The molecule has 2 aromatic rings. The van der Waals surface area contributed by atoms with Crippen LogP contribution in [0.5, 0.6) is 0 Å². The minimum atomic E-state index is 0.348. The summed E-state index contributed by atoms with van der Waals surface area (Å²) in [5.41, 5.74) is 5.71. The van der Waals surface area contributed by atoms with Crippen molar-refractivity contribution in [2.75, 3.05) is 24.2 Å².